The third kappa shape index (κ3) is 4.86. The Hall–Kier alpha value is -1.04. The van der Waals surface area contributed by atoms with Gasteiger partial charge in [0.05, 0.1) is 25.4 Å². The van der Waals surface area contributed by atoms with Crippen molar-refractivity contribution in [2.24, 2.45) is 0 Å². The van der Waals surface area contributed by atoms with E-state index in [-0.39, 0.29) is 24.3 Å². The summed E-state index contributed by atoms with van der Waals surface area (Å²) in [5, 5.41) is 2.93. The zero-order valence-corrected chi connectivity index (χ0v) is 11.6. The van der Waals surface area contributed by atoms with Crippen molar-refractivity contribution in [2.75, 3.05) is 26.9 Å². The third-order valence-corrected chi connectivity index (χ3v) is 2.81. The van der Waals surface area contributed by atoms with Gasteiger partial charge < -0.3 is 14.8 Å². The first-order valence-electron chi connectivity index (χ1n) is 6.40. The summed E-state index contributed by atoms with van der Waals surface area (Å²) in [4.78, 5) is 0. The highest BCUT2D eigenvalue weighted by Gasteiger charge is 2.17. The minimum atomic E-state index is -0.847. The Morgan fingerprint density at radius 3 is 2.63 bits per heavy atom. The van der Waals surface area contributed by atoms with Crippen molar-refractivity contribution in [1.29, 1.82) is 0 Å². The molecule has 0 radical (unpaired) electrons. The minimum absolute atomic E-state index is 0.0904. The summed E-state index contributed by atoms with van der Waals surface area (Å²) in [6.45, 7) is 5.15. The fraction of sp³-hybridized carbons (Fsp3) is 0.571. The largest absolute Gasteiger partial charge is 0.379 e. The van der Waals surface area contributed by atoms with Crippen LogP contribution in [0.25, 0.3) is 0 Å². The van der Waals surface area contributed by atoms with Gasteiger partial charge in [0, 0.05) is 12.2 Å². The molecule has 3 nitrogen and oxygen atoms in total. The number of hydrogen-bond donors (Lipinski definition) is 1. The smallest absolute Gasteiger partial charge is 0.163 e. The van der Waals surface area contributed by atoms with E-state index in [1.165, 1.54) is 6.07 Å². The first kappa shape index (κ1) is 16.0. The van der Waals surface area contributed by atoms with Crippen LogP contribution in [0.1, 0.15) is 25.5 Å². The summed E-state index contributed by atoms with van der Waals surface area (Å²) in [5.41, 5.74) is 0.270. The van der Waals surface area contributed by atoms with Gasteiger partial charge in [-0.05, 0) is 27.0 Å². The highest BCUT2D eigenvalue weighted by molar-refractivity contribution is 5.22. The maximum absolute atomic E-state index is 13.7. The van der Waals surface area contributed by atoms with E-state index < -0.39 is 11.6 Å². The normalized spacial score (nSPS) is 14.4. The minimum Gasteiger partial charge on any atom is -0.379 e. The predicted molar refractivity (Wildman–Crippen MR) is 70.1 cm³/mol. The van der Waals surface area contributed by atoms with E-state index in [4.69, 9.17) is 9.47 Å². The Morgan fingerprint density at radius 1 is 1.26 bits per heavy atom. The summed E-state index contributed by atoms with van der Waals surface area (Å²) >= 11 is 0. The van der Waals surface area contributed by atoms with Gasteiger partial charge in [-0.1, -0.05) is 12.1 Å². The first-order valence-corrected chi connectivity index (χ1v) is 6.40. The van der Waals surface area contributed by atoms with Crippen LogP contribution in [0, 0.1) is 11.6 Å². The van der Waals surface area contributed by atoms with Gasteiger partial charge in [0.15, 0.2) is 11.6 Å². The van der Waals surface area contributed by atoms with Crippen LogP contribution in [-0.2, 0) is 9.47 Å². The number of benzene rings is 1. The Bertz CT molecular complexity index is 388. The number of halogens is 2. The fourth-order valence-corrected chi connectivity index (χ4v) is 1.71. The van der Waals surface area contributed by atoms with Crippen LogP contribution in [0.3, 0.4) is 0 Å². The Morgan fingerprint density at radius 2 is 2.00 bits per heavy atom. The van der Waals surface area contributed by atoms with Crippen LogP contribution < -0.4 is 5.32 Å². The molecule has 1 rings (SSSR count). The summed E-state index contributed by atoms with van der Waals surface area (Å²) in [6, 6.07) is 3.75. The van der Waals surface area contributed by atoms with E-state index in [0.717, 1.165) is 6.07 Å². The van der Waals surface area contributed by atoms with Gasteiger partial charge in [0.2, 0.25) is 0 Å². The molecule has 0 aromatic heterocycles. The number of likely N-dealkylation sites (N-methyl/N-ethyl adjacent to an activating group) is 1. The molecular formula is C14H21F2NO2. The van der Waals surface area contributed by atoms with Crippen LogP contribution >= 0.6 is 0 Å². The van der Waals surface area contributed by atoms with E-state index >= 15 is 0 Å². The Labute approximate surface area is 112 Å². The molecule has 2 atom stereocenters. The average molecular weight is 273 g/mol. The molecule has 0 bridgehead atoms. The van der Waals surface area contributed by atoms with Crippen molar-refractivity contribution in [3.8, 4) is 0 Å². The van der Waals surface area contributed by atoms with Crippen molar-refractivity contribution in [1.82, 2.24) is 5.32 Å². The SMILES string of the molecule is CCOCC(C)OCC(NC)c1cccc(F)c1F. The number of rotatable bonds is 8. The molecule has 0 aliphatic heterocycles. The molecule has 1 aromatic rings. The molecule has 0 saturated heterocycles. The molecule has 0 amide bonds. The first-order chi connectivity index (χ1) is 9.10. The number of hydrogen-bond acceptors (Lipinski definition) is 3. The fourth-order valence-electron chi connectivity index (χ4n) is 1.71. The maximum atomic E-state index is 13.7. The van der Waals surface area contributed by atoms with Crippen LogP contribution in [0.15, 0.2) is 18.2 Å². The quantitative estimate of drug-likeness (QED) is 0.790. The van der Waals surface area contributed by atoms with Crippen LogP contribution in [0.5, 0.6) is 0 Å². The summed E-state index contributed by atoms with van der Waals surface area (Å²) < 4.78 is 37.6. The van der Waals surface area contributed by atoms with Gasteiger partial charge in [-0.3, -0.25) is 0 Å². The third-order valence-electron chi connectivity index (χ3n) is 2.81. The lowest BCUT2D eigenvalue weighted by Crippen LogP contribution is -2.27. The lowest BCUT2D eigenvalue weighted by Gasteiger charge is -2.20. The molecule has 0 saturated carbocycles. The predicted octanol–water partition coefficient (Wildman–Crippen LogP) is 2.67. The monoisotopic (exact) mass is 273 g/mol. The molecular weight excluding hydrogens is 252 g/mol. The second-order valence-electron chi connectivity index (χ2n) is 4.29. The van der Waals surface area contributed by atoms with E-state index in [1.807, 2.05) is 13.8 Å². The topological polar surface area (TPSA) is 30.5 Å². The molecule has 1 aromatic carbocycles. The summed E-state index contributed by atoms with van der Waals surface area (Å²) in [7, 11) is 1.69. The van der Waals surface area contributed by atoms with Gasteiger partial charge in [-0.2, -0.15) is 0 Å². The molecule has 108 valence electrons. The van der Waals surface area contributed by atoms with E-state index in [0.29, 0.717) is 13.2 Å². The van der Waals surface area contributed by atoms with Crippen LogP contribution in [0.4, 0.5) is 8.78 Å². The molecule has 0 heterocycles. The van der Waals surface area contributed by atoms with Crippen LogP contribution in [-0.4, -0.2) is 33.0 Å². The van der Waals surface area contributed by atoms with Gasteiger partial charge in [-0.15, -0.1) is 0 Å². The second kappa shape index (κ2) is 8.19. The Balaban J connectivity index is 2.60. The second-order valence-corrected chi connectivity index (χ2v) is 4.29. The highest BCUT2D eigenvalue weighted by Crippen LogP contribution is 2.19. The molecule has 2 unspecified atom stereocenters. The average Bonchev–Trinajstić information content (AvgIpc) is 2.41. The maximum Gasteiger partial charge on any atom is 0.163 e. The van der Waals surface area contributed by atoms with Gasteiger partial charge in [0.25, 0.3) is 0 Å². The zero-order chi connectivity index (χ0) is 14.3. The molecule has 5 heteroatoms. The van der Waals surface area contributed by atoms with Gasteiger partial charge >= 0.3 is 0 Å². The lowest BCUT2D eigenvalue weighted by molar-refractivity contribution is -0.0113. The van der Waals surface area contributed by atoms with Crippen molar-refractivity contribution >= 4 is 0 Å². The van der Waals surface area contributed by atoms with E-state index in [1.54, 1.807) is 13.1 Å². The van der Waals surface area contributed by atoms with Crippen molar-refractivity contribution in [3.63, 3.8) is 0 Å². The Kier molecular flexibility index (Phi) is 6.91. The van der Waals surface area contributed by atoms with Crippen LogP contribution in [0.2, 0.25) is 0 Å². The van der Waals surface area contributed by atoms with Crippen molar-refractivity contribution < 1.29 is 18.3 Å². The zero-order valence-electron chi connectivity index (χ0n) is 11.6. The van der Waals surface area contributed by atoms with Gasteiger partial charge in [-0.25, -0.2) is 8.78 Å². The van der Waals surface area contributed by atoms with Gasteiger partial charge in [0.1, 0.15) is 0 Å². The summed E-state index contributed by atoms with van der Waals surface area (Å²) in [6.07, 6.45) is -0.0904. The number of nitrogens with one attached hydrogen (secondary N) is 1. The molecule has 1 N–H and O–H groups in total. The number of ether oxygens (including phenoxy) is 2. The van der Waals surface area contributed by atoms with Crippen molar-refractivity contribution in [2.45, 2.75) is 26.0 Å². The highest BCUT2D eigenvalue weighted by atomic mass is 19.2. The lowest BCUT2D eigenvalue weighted by atomic mass is 10.1. The molecule has 0 aliphatic carbocycles. The van der Waals surface area contributed by atoms with E-state index in [2.05, 4.69) is 5.32 Å². The molecule has 19 heavy (non-hydrogen) atoms. The van der Waals surface area contributed by atoms with E-state index in [9.17, 15) is 8.78 Å². The van der Waals surface area contributed by atoms with Crippen molar-refractivity contribution in [3.05, 3.63) is 35.4 Å². The standard InChI is InChI=1S/C14H21F2NO2/c1-4-18-8-10(2)19-9-13(17-3)11-6-5-7-12(15)14(11)16/h5-7,10,13,17H,4,8-9H2,1-3H3. The molecule has 0 aliphatic rings. The summed E-state index contributed by atoms with van der Waals surface area (Å²) in [5.74, 6) is -1.68. The molecule has 0 fully saturated rings. The molecule has 0 spiro atoms.